The number of thiophene rings is 1. The molecule has 0 atom stereocenters. The van der Waals surface area contributed by atoms with E-state index in [0.717, 1.165) is 4.47 Å². The lowest BCUT2D eigenvalue weighted by molar-refractivity contribution is 1.20. The number of halogens is 1. The van der Waals surface area contributed by atoms with E-state index in [4.69, 9.17) is 0 Å². The minimum atomic E-state index is 1.08. The first-order chi connectivity index (χ1) is 21.2. The van der Waals surface area contributed by atoms with Crippen LogP contribution >= 0.6 is 27.3 Å². The SMILES string of the molecule is Brc1cc(-c2ccc3c(c2)sc2ccccc23)cc(-c2ccc3c(c2)c2ccccc2n3-c2cccc3ccccc23)c1. The van der Waals surface area contributed by atoms with E-state index in [-0.39, 0.29) is 0 Å². The normalized spacial score (nSPS) is 11.8. The average Bonchev–Trinajstić information content (AvgIpc) is 3.59. The molecule has 1 nitrogen and oxygen atoms in total. The molecule has 9 rings (SSSR count). The number of nitrogens with zero attached hydrogens (tertiary/aromatic N) is 1. The summed E-state index contributed by atoms with van der Waals surface area (Å²) in [7, 11) is 0. The maximum atomic E-state index is 3.83. The smallest absolute Gasteiger partial charge is 0.0541 e. The number of hydrogen-bond acceptors (Lipinski definition) is 1. The van der Waals surface area contributed by atoms with E-state index in [1.165, 1.54) is 80.7 Å². The van der Waals surface area contributed by atoms with Gasteiger partial charge >= 0.3 is 0 Å². The van der Waals surface area contributed by atoms with Crippen LogP contribution in [-0.2, 0) is 0 Å². The highest BCUT2D eigenvalue weighted by atomic mass is 79.9. The van der Waals surface area contributed by atoms with Crippen molar-refractivity contribution in [2.24, 2.45) is 0 Å². The van der Waals surface area contributed by atoms with Gasteiger partial charge in [0.05, 0.1) is 16.7 Å². The van der Waals surface area contributed by atoms with Gasteiger partial charge in [0.1, 0.15) is 0 Å². The van der Waals surface area contributed by atoms with Gasteiger partial charge in [-0.3, -0.25) is 0 Å². The van der Waals surface area contributed by atoms with Crippen LogP contribution in [0.5, 0.6) is 0 Å². The summed E-state index contributed by atoms with van der Waals surface area (Å²) in [5.41, 5.74) is 8.49. The van der Waals surface area contributed by atoms with Crippen molar-refractivity contribution in [3.05, 3.63) is 150 Å². The van der Waals surface area contributed by atoms with Crippen LogP contribution in [-0.4, -0.2) is 4.57 Å². The molecule has 0 aliphatic rings. The maximum absolute atomic E-state index is 3.83. The largest absolute Gasteiger partial charge is 0.309 e. The van der Waals surface area contributed by atoms with Gasteiger partial charge in [0.2, 0.25) is 0 Å². The molecule has 0 radical (unpaired) electrons. The molecular formula is C40H24BrNS. The highest BCUT2D eigenvalue weighted by Crippen LogP contribution is 2.40. The van der Waals surface area contributed by atoms with Gasteiger partial charge in [0.15, 0.2) is 0 Å². The summed E-state index contributed by atoms with van der Waals surface area (Å²) in [6, 6.07) is 53.2. The second kappa shape index (κ2) is 9.67. The van der Waals surface area contributed by atoms with Crippen molar-refractivity contribution in [3.8, 4) is 27.9 Å². The molecular weight excluding hydrogens is 606 g/mol. The van der Waals surface area contributed by atoms with Crippen molar-refractivity contribution in [2.75, 3.05) is 0 Å². The molecule has 9 aromatic rings. The van der Waals surface area contributed by atoms with Crippen LogP contribution in [0.15, 0.2) is 150 Å². The Balaban J connectivity index is 1.21. The molecule has 0 amide bonds. The van der Waals surface area contributed by atoms with Crippen molar-refractivity contribution >= 4 is 80.0 Å². The third kappa shape index (κ3) is 3.96. The van der Waals surface area contributed by atoms with Crippen molar-refractivity contribution in [1.82, 2.24) is 4.57 Å². The fourth-order valence-corrected chi connectivity index (χ4v) is 8.28. The highest BCUT2D eigenvalue weighted by molar-refractivity contribution is 9.10. The lowest BCUT2D eigenvalue weighted by atomic mass is 9.97. The molecule has 0 aliphatic carbocycles. The zero-order valence-electron chi connectivity index (χ0n) is 23.1. The predicted octanol–water partition coefficient (Wildman–Crippen LogP) is 12.4. The van der Waals surface area contributed by atoms with E-state index in [9.17, 15) is 0 Å². The average molecular weight is 631 g/mol. The number of aromatic nitrogens is 1. The monoisotopic (exact) mass is 629 g/mol. The Bertz CT molecular complexity index is 2530. The molecule has 0 aliphatic heterocycles. The van der Waals surface area contributed by atoms with Crippen LogP contribution in [0.1, 0.15) is 0 Å². The Morgan fingerprint density at radius 2 is 1.07 bits per heavy atom. The Kier molecular flexibility index (Phi) is 5.59. The summed E-state index contributed by atoms with van der Waals surface area (Å²) in [5, 5.41) is 7.68. The second-order valence-electron chi connectivity index (χ2n) is 11.1. The topological polar surface area (TPSA) is 4.93 Å². The van der Waals surface area contributed by atoms with Crippen molar-refractivity contribution < 1.29 is 0 Å². The van der Waals surface area contributed by atoms with E-state index < -0.39 is 0 Å². The number of para-hydroxylation sites is 1. The van der Waals surface area contributed by atoms with Crippen LogP contribution in [0.3, 0.4) is 0 Å². The first-order valence-corrected chi connectivity index (χ1v) is 16.1. The van der Waals surface area contributed by atoms with Gasteiger partial charge in [-0.25, -0.2) is 0 Å². The van der Waals surface area contributed by atoms with Gasteiger partial charge in [-0.05, 0) is 82.2 Å². The van der Waals surface area contributed by atoms with E-state index in [2.05, 4.69) is 166 Å². The summed E-state index contributed by atoms with van der Waals surface area (Å²) in [4.78, 5) is 0. The first kappa shape index (κ1) is 24.9. The number of rotatable bonds is 3. The zero-order valence-corrected chi connectivity index (χ0v) is 25.5. The van der Waals surface area contributed by atoms with E-state index in [1.54, 1.807) is 0 Å². The molecule has 0 saturated carbocycles. The zero-order chi connectivity index (χ0) is 28.5. The molecule has 202 valence electrons. The van der Waals surface area contributed by atoms with E-state index >= 15 is 0 Å². The van der Waals surface area contributed by atoms with Crippen LogP contribution in [0.2, 0.25) is 0 Å². The van der Waals surface area contributed by atoms with Gasteiger partial charge < -0.3 is 4.57 Å². The first-order valence-electron chi connectivity index (χ1n) is 14.5. The molecule has 2 heterocycles. The van der Waals surface area contributed by atoms with Crippen molar-refractivity contribution in [2.45, 2.75) is 0 Å². The minimum Gasteiger partial charge on any atom is -0.309 e. The lowest BCUT2D eigenvalue weighted by Gasteiger charge is -2.12. The molecule has 0 saturated heterocycles. The fraction of sp³-hybridized carbons (Fsp3) is 0. The van der Waals surface area contributed by atoms with Gasteiger partial charge in [-0.1, -0.05) is 107 Å². The predicted molar refractivity (Wildman–Crippen MR) is 190 cm³/mol. The van der Waals surface area contributed by atoms with Crippen molar-refractivity contribution in [3.63, 3.8) is 0 Å². The minimum absolute atomic E-state index is 1.08. The third-order valence-corrected chi connectivity index (χ3v) is 10.2. The second-order valence-corrected chi connectivity index (χ2v) is 13.1. The highest BCUT2D eigenvalue weighted by Gasteiger charge is 2.15. The molecule has 2 aromatic heterocycles. The number of fused-ring (bicyclic) bond motifs is 7. The number of benzene rings is 7. The van der Waals surface area contributed by atoms with Crippen LogP contribution in [0.25, 0.3) is 80.7 Å². The Labute approximate surface area is 261 Å². The van der Waals surface area contributed by atoms with Gasteiger partial charge in [-0.15, -0.1) is 11.3 Å². The van der Waals surface area contributed by atoms with E-state index in [0.29, 0.717) is 0 Å². The van der Waals surface area contributed by atoms with Crippen LogP contribution in [0, 0.1) is 0 Å². The van der Waals surface area contributed by atoms with Gasteiger partial charge in [0, 0.05) is 40.8 Å². The summed E-state index contributed by atoms with van der Waals surface area (Å²) in [6.07, 6.45) is 0. The standard InChI is InChI=1S/C40H24BrNS/c41-30-21-28(20-29(22-30)27-16-18-34-33-12-4-6-15-39(33)43-40(34)24-27)26-17-19-38-35(23-26)32-11-3-5-13-37(32)42(38)36-14-7-9-25-8-1-2-10-31(25)36/h1-24H. The molecule has 0 fully saturated rings. The molecule has 43 heavy (non-hydrogen) atoms. The number of hydrogen-bond donors (Lipinski definition) is 0. The maximum Gasteiger partial charge on any atom is 0.0541 e. The molecule has 0 bridgehead atoms. The molecule has 0 spiro atoms. The lowest BCUT2D eigenvalue weighted by Crippen LogP contribution is -1.95. The summed E-state index contributed by atoms with van der Waals surface area (Å²) >= 11 is 5.70. The fourth-order valence-electron chi connectivity index (χ4n) is 6.64. The van der Waals surface area contributed by atoms with Crippen LogP contribution < -0.4 is 0 Å². The Morgan fingerprint density at radius 3 is 1.95 bits per heavy atom. The summed E-state index contributed by atoms with van der Waals surface area (Å²) in [5.74, 6) is 0. The molecule has 0 N–H and O–H groups in total. The quantitative estimate of drug-likeness (QED) is 0.183. The summed E-state index contributed by atoms with van der Waals surface area (Å²) < 4.78 is 6.15. The summed E-state index contributed by atoms with van der Waals surface area (Å²) in [6.45, 7) is 0. The Morgan fingerprint density at radius 1 is 0.419 bits per heavy atom. The molecule has 3 heteroatoms. The van der Waals surface area contributed by atoms with Gasteiger partial charge in [-0.2, -0.15) is 0 Å². The van der Waals surface area contributed by atoms with Crippen molar-refractivity contribution in [1.29, 1.82) is 0 Å². The molecule has 7 aromatic carbocycles. The van der Waals surface area contributed by atoms with E-state index in [1.807, 2.05) is 11.3 Å². The Hall–Kier alpha value is -4.70. The molecule has 0 unspecified atom stereocenters. The van der Waals surface area contributed by atoms with Crippen LogP contribution in [0.4, 0.5) is 0 Å². The third-order valence-electron chi connectivity index (χ3n) is 8.62. The van der Waals surface area contributed by atoms with Gasteiger partial charge in [0.25, 0.3) is 0 Å².